The van der Waals surface area contributed by atoms with Gasteiger partial charge in [-0.1, -0.05) is 23.8 Å². The molecular weight excluding hydrogens is 240 g/mol. The molecule has 0 aromatic heterocycles. The number of carbonyl (C=O) groups excluding carboxylic acids is 1. The molecule has 0 fully saturated rings. The average Bonchev–Trinajstić information content (AvgIpc) is 2.63. The zero-order valence-corrected chi connectivity index (χ0v) is 11.9. The van der Waals surface area contributed by atoms with E-state index >= 15 is 0 Å². The number of ether oxygens (including phenoxy) is 1. The van der Waals surface area contributed by atoms with Gasteiger partial charge in [-0.3, -0.25) is 4.79 Å². The van der Waals surface area contributed by atoms with Crippen molar-refractivity contribution in [3.8, 4) is 0 Å². The fraction of sp³-hybridized carbons (Fsp3) is 0.438. The van der Waals surface area contributed by atoms with Gasteiger partial charge in [0.05, 0.1) is 6.10 Å². The Labute approximate surface area is 113 Å². The van der Waals surface area contributed by atoms with Gasteiger partial charge in [0, 0.05) is 19.1 Å². The zero-order chi connectivity index (χ0) is 14.2. The number of aldehydes is 1. The van der Waals surface area contributed by atoms with E-state index in [-0.39, 0.29) is 0 Å². The van der Waals surface area contributed by atoms with Crippen molar-refractivity contribution >= 4 is 12.4 Å². The largest absolute Gasteiger partial charge is 0.389 e. The Kier molecular flexibility index (Phi) is 3.61. The van der Waals surface area contributed by atoms with Gasteiger partial charge < -0.3 is 9.84 Å². The van der Waals surface area contributed by atoms with Crippen LogP contribution in [-0.2, 0) is 16.8 Å². The van der Waals surface area contributed by atoms with Gasteiger partial charge in [-0.15, -0.1) is 0 Å². The molecule has 1 aliphatic carbocycles. The van der Waals surface area contributed by atoms with Crippen LogP contribution in [0.25, 0.3) is 6.08 Å². The Morgan fingerprint density at radius 2 is 2.05 bits per heavy atom. The molecule has 0 unspecified atom stereocenters. The fourth-order valence-electron chi connectivity index (χ4n) is 2.82. The minimum absolute atomic E-state index is 0.457. The average molecular weight is 260 g/mol. The van der Waals surface area contributed by atoms with Crippen LogP contribution in [0.5, 0.6) is 0 Å². The molecular formula is C16H20O3. The van der Waals surface area contributed by atoms with Crippen LogP contribution in [-0.4, -0.2) is 24.6 Å². The Hall–Kier alpha value is -1.45. The highest BCUT2D eigenvalue weighted by Gasteiger charge is 2.45. The van der Waals surface area contributed by atoms with E-state index < -0.39 is 11.7 Å². The summed E-state index contributed by atoms with van der Waals surface area (Å²) in [5.41, 5.74) is 3.91. The Bertz CT molecular complexity index is 541. The molecule has 102 valence electrons. The monoisotopic (exact) mass is 260 g/mol. The SMILES string of the molecule is CO[C@@]1(C)c2c(C=C(C)C)ccc(C=O)c2C[C@@H]1O. The number of allylic oxidation sites excluding steroid dienone is 1. The van der Waals surface area contributed by atoms with Crippen molar-refractivity contribution in [2.75, 3.05) is 7.11 Å². The van der Waals surface area contributed by atoms with Crippen LogP contribution in [0.1, 0.15) is 47.8 Å². The van der Waals surface area contributed by atoms with Crippen molar-refractivity contribution in [3.63, 3.8) is 0 Å². The van der Waals surface area contributed by atoms with Gasteiger partial charge in [-0.25, -0.2) is 0 Å². The summed E-state index contributed by atoms with van der Waals surface area (Å²) in [7, 11) is 1.60. The molecule has 0 radical (unpaired) electrons. The molecule has 1 aliphatic rings. The lowest BCUT2D eigenvalue weighted by Crippen LogP contribution is -2.35. The van der Waals surface area contributed by atoms with Crippen molar-refractivity contribution in [2.24, 2.45) is 0 Å². The summed E-state index contributed by atoms with van der Waals surface area (Å²) in [6.07, 6.45) is 2.73. The molecule has 3 heteroatoms. The number of rotatable bonds is 3. The first kappa shape index (κ1) is 14.0. The summed E-state index contributed by atoms with van der Waals surface area (Å²) in [5.74, 6) is 0. The molecule has 1 aromatic rings. The quantitative estimate of drug-likeness (QED) is 0.850. The summed E-state index contributed by atoms with van der Waals surface area (Å²) in [4.78, 5) is 11.2. The molecule has 2 atom stereocenters. The minimum Gasteiger partial charge on any atom is -0.389 e. The van der Waals surface area contributed by atoms with Crippen LogP contribution in [0.15, 0.2) is 17.7 Å². The zero-order valence-electron chi connectivity index (χ0n) is 11.9. The highest BCUT2D eigenvalue weighted by Crippen LogP contribution is 2.43. The van der Waals surface area contributed by atoms with Gasteiger partial charge >= 0.3 is 0 Å². The Balaban J connectivity index is 2.74. The lowest BCUT2D eigenvalue weighted by atomic mass is 9.89. The molecule has 0 heterocycles. The molecule has 3 nitrogen and oxygen atoms in total. The second-order valence-electron chi connectivity index (χ2n) is 5.47. The summed E-state index contributed by atoms with van der Waals surface area (Å²) in [6.45, 7) is 5.92. The molecule has 0 aliphatic heterocycles. The van der Waals surface area contributed by atoms with Crippen LogP contribution in [0.3, 0.4) is 0 Å². The van der Waals surface area contributed by atoms with E-state index in [1.807, 2.05) is 32.9 Å². The number of aliphatic hydroxyl groups is 1. The van der Waals surface area contributed by atoms with Crippen molar-refractivity contribution in [2.45, 2.75) is 38.9 Å². The fourth-order valence-corrected chi connectivity index (χ4v) is 2.82. The second kappa shape index (κ2) is 4.91. The first-order valence-corrected chi connectivity index (χ1v) is 6.43. The third kappa shape index (κ3) is 2.13. The lowest BCUT2D eigenvalue weighted by molar-refractivity contribution is -0.0838. The highest BCUT2D eigenvalue weighted by atomic mass is 16.5. The molecule has 19 heavy (non-hydrogen) atoms. The van der Waals surface area contributed by atoms with Crippen molar-refractivity contribution in [3.05, 3.63) is 40.0 Å². The summed E-state index contributed by atoms with van der Waals surface area (Å²) in [6, 6.07) is 3.74. The molecule has 1 N–H and O–H groups in total. The van der Waals surface area contributed by atoms with Crippen molar-refractivity contribution in [1.29, 1.82) is 0 Å². The molecule has 2 rings (SSSR count). The third-order valence-electron chi connectivity index (χ3n) is 3.91. The van der Waals surface area contributed by atoms with Gasteiger partial charge in [0.1, 0.15) is 11.9 Å². The maximum atomic E-state index is 11.2. The van der Waals surface area contributed by atoms with Crippen LogP contribution < -0.4 is 0 Å². The van der Waals surface area contributed by atoms with Gasteiger partial charge in [0.25, 0.3) is 0 Å². The van der Waals surface area contributed by atoms with Crippen LogP contribution in [0.2, 0.25) is 0 Å². The lowest BCUT2D eigenvalue weighted by Gasteiger charge is -2.29. The van der Waals surface area contributed by atoms with E-state index in [0.717, 1.165) is 23.0 Å². The Morgan fingerprint density at radius 3 is 2.58 bits per heavy atom. The predicted molar refractivity (Wildman–Crippen MR) is 75.2 cm³/mol. The van der Waals surface area contributed by atoms with Gasteiger partial charge in [-0.2, -0.15) is 0 Å². The van der Waals surface area contributed by atoms with E-state index in [1.165, 1.54) is 5.57 Å². The third-order valence-corrected chi connectivity index (χ3v) is 3.91. The van der Waals surface area contributed by atoms with Gasteiger partial charge in [-0.05, 0) is 37.5 Å². The number of hydrogen-bond acceptors (Lipinski definition) is 3. The van der Waals surface area contributed by atoms with Gasteiger partial charge in [0.2, 0.25) is 0 Å². The maximum absolute atomic E-state index is 11.2. The molecule has 0 amide bonds. The van der Waals surface area contributed by atoms with Crippen molar-refractivity contribution in [1.82, 2.24) is 0 Å². The summed E-state index contributed by atoms with van der Waals surface area (Å²) in [5, 5.41) is 10.3. The normalized spacial score (nSPS) is 25.0. The van der Waals surface area contributed by atoms with E-state index in [9.17, 15) is 9.90 Å². The first-order valence-electron chi connectivity index (χ1n) is 6.43. The number of hydrogen-bond donors (Lipinski definition) is 1. The van der Waals surface area contributed by atoms with E-state index in [0.29, 0.717) is 12.0 Å². The molecule has 0 saturated carbocycles. The number of fused-ring (bicyclic) bond motifs is 1. The molecule has 0 spiro atoms. The standard InChI is InChI=1S/C16H20O3/c1-10(2)7-11-5-6-12(9-17)13-8-14(18)16(3,19-4)15(11)13/h5-7,9,14,18H,8H2,1-4H3/t14-,16+/m0/s1. The summed E-state index contributed by atoms with van der Waals surface area (Å²) < 4.78 is 5.56. The van der Waals surface area contributed by atoms with E-state index in [4.69, 9.17) is 4.74 Å². The van der Waals surface area contributed by atoms with Gasteiger partial charge in [0.15, 0.2) is 0 Å². The number of benzene rings is 1. The van der Waals surface area contributed by atoms with Crippen LogP contribution in [0, 0.1) is 0 Å². The number of methoxy groups -OCH3 is 1. The minimum atomic E-state index is -0.754. The van der Waals surface area contributed by atoms with Crippen molar-refractivity contribution < 1.29 is 14.6 Å². The van der Waals surface area contributed by atoms with Crippen LogP contribution in [0.4, 0.5) is 0 Å². The topological polar surface area (TPSA) is 46.5 Å². The Morgan fingerprint density at radius 1 is 1.42 bits per heavy atom. The maximum Gasteiger partial charge on any atom is 0.150 e. The second-order valence-corrected chi connectivity index (χ2v) is 5.47. The molecule has 0 saturated heterocycles. The highest BCUT2D eigenvalue weighted by molar-refractivity contribution is 5.81. The number of carbonyl (C=O) groups is 1. The predicted octanol–water partition coefficient (Wildman–Crippen LogP) is 2.70. The van der Waals surface area contributed by atoms with E-state index in [2.05, 4.69) is 6.08 Å². The molecule has 0 bridgehead atoms. The smallest absolute Gasteiger partial charge is 0.150 e. The summed E-state index contributed by atoms with van der Waals surface area (Å²) >= 11 is 0. The molecule has 1 aromatic carbocycles. The number of aliphatic hydroxyl groups excluding tert-OH is 1. The van der Waals surface area contributed by atoms with Crippen LogP contribution >= 0.6 is 0 Å². The first-order chi connectivity index (χ1) is 8.93. The van der Waals surface area contributed by atoms with E-state index in [1.54, 1.807) is 7.11 Å².